The first-order chi connectivity index (χ1) is 4.20. The average Bonchev–Trinajstić information content (AvgIpc) is 1.80. The van der Waals surface area contributed by atoms with Crippen LogP contribution in [0, 0.1) is 0 Å². The number of amides is 1. The topological polar surface area (TPSA) is 66.4 Å². The number of carbonyl (C=O) groups is 2. The van der Waals surface area contributed by atoms with E-state index in [0.29, 0.717) is 0 Å². The molecule has 0 unspecified atom stereocenters. The predicted molar refractivity (Wildman–Crippen MR) is 28.5 cm³/mol. The van der Waals surface area contributed by atoms with Crippen molar-refractivity contribution in [1.82, 2.24) is 5.32 Å². The summed E-state index contributed by atoms with van der Waals surface area (Å²) in [4.78, 5) is 20.7. The van der Waals surface area contributed by atoms with Crippen LogP contribution in [-0.4, -0.2) is 16.8 Å². The van der Waals surface area contributed by atoms with Crippen molar-refractivity contribution in [3.05, 3.63) is 12.0 Å². The molecule has 0 aromatic carbocycles. The number of allylic oxidation sites excluding steroid dienone is 1. The second-order valence-corrected chi connectivity index (χ2v) is 1.67. The van der Waals surface area contributed by atoms with E-state index in [1.165, 1.54) is 6.08 Å². The molecule has 4 heteroatoms. The van der Waals surface area contributed by atoms with E-state index in [2.05, 4.69) is 0 Å². The highest BCUT2D eigenvalue weighted by Gasteiger charge is 2.17. The summed E-state index contributed by atoms with van der Waals surface area (Å²) >= 11 is 0. The van der Waals surface area contributed by atoms with Crippen LogP contribution < -0.4 is 5.32 Å². The molecule has 2 N–H and O–H groups in total. The molecule has 1 heterocycles. The monoisotopic (exact) mass is 127 g/mol. The van der Waals surface area contributed by atoms with Crippen molar-refractivity contribution < 1.29 is 14.7 Å². The second kappa shape index (κ2) is 1.89. The van der Waals surface area contributed by atoms with E-state index < -0.39 is 11.7 Å². The van der Waals surface area contributed by atoms with Crippen molar-refractivity contribution in [1.29, 1.82) is 0 Å². The largest absolute Gasteiger partial charge is 0.495 e. The summed E-state index contributed by atoms with van der Waals surface area (Å²) in [5.41, 5.74) is 0. The van der Waals surface area contributed by atoms with Crippen molar-refractivity contribution in [2.45, 2.75) is 6.42 Å². The van der Waals surface area contributed by atoms with Gasteiger partial charge in [0.15, 0.2) is 5.88 Å². The van der Waals surface area contributed by atoms with E-state index in [-0.39, 0.29) is 12.3 Å². The summed E-state index contributed by atoms with van der Waals surface area (Å²) in [7, 11) is 0. The Hall–Kier alpha value is -1.32. The van der Waals surface area contributed by atoms with E-state index in [0.717, 1.165) is 0 Å². The van der Waals surface area contributed by atoms with Gasteiger partial charge in [-0.2, -0.15) is 0 Å². The van der Waals surface area contributed by atoms with Crippen LogP contribution in [0.4, 0.5) is 0 Å². The van der Waals surface area contributed by atoms with Gasteiger partial charge >= 0.3 is 0 Å². The normalized spacial score (nSPS) is 18.9. The molecule has 0 radical (unpaired) electrons. The number of aliphatic hydroxyl groups excluding tert-OH is 1. The quantitative estimate of drug-likeness (QED) is 0.430. The number of rotatable bonds is 0. The third-order valence-corrected chi connectivity index (χ3v) is 0.976. The predicted octanol–water partition coefficient (Wildman–Crippen LogP) is -0.525. The summed E-state index contributed by atoms with van der Waals surface area (Å²) in [6.45, 7) is 0. The van der Waals surface area contributed by atoms with Crippen LogP contribution >= 0.6 is 0 Å². The molecule has 0 atom stereocenters. The molecular weight excluding hydrogens is 122 g/mol. The van der Waals surface area contributed by atoms with E-state index in [4.69, 9.17) is 5.11 Å². The van der Waals surface area contributed by atoms with Gasteiger partial charge in [0, 0.05) is 6.42 Å². The van der Waals surface area contributed by atoms with Gasteiger partial charge in [-0.15, -0.1) is 0 Å². The minimum absolute atomic E-state index is 0.00231. The molecular formula is C5H5NO3. The highest BCUT2D eigenvalue weighted by atomic mass is 16.3. The summed E-state index contributed by atoms with van der Waals surface area (Å²) in [6, 6.07) is 0. The van der Waals surface area contributed by atoms with Gasteiger partial charge in [-0.25, -0.2) is 0 Å². The minimum Gasteiger partial charge on any atom is -0.495 e. The fourth-order valence-corrected chi connectivity index (χ4v) is 0.519. The maximum atomic E-state index is 10.4. The highest BCUT2D eigenvalue weighted by molar-refractivity contribution is 6.37. The molecule has 9 heavy (non-hydrogen) atoms. The molecule has 4 nitrogen and oxygen atoms in total. The molecule has 0 aliphatic carbocycles. The van der Waals surface area contributed by atoms with E-state index in [9.17, 15) is 9.59 Å². The zero-order chi connectivity index (χ0) is 6.85. The molecule has 0 saturated heterocycles. The molecule has 1 aliphatic rings. The smallest absolute Gasteiger partial charge is 0.294 e. The Bertz CT molecular complexity index is 194. The molecule has 0 fully saturated rings. The Morgan fingerprint density at radius 2 is 2.22 bits per heavy atom. The fraction of sp³-hybridized carbons (Fsp3) is 0.200. The van der Waals surface area contributed by atoms with E-state index in [1.54, 1.807) is 0 Å². The van der Waals surface area contributed by atoms with Crippen molar-refractivity contribution >= 4 is 11.7 Å². The van der Waals surface area contributed by atoms with Crippen LogP contribution in [0.3, 0.4) is 0 Å². The van der Waals surface area contributed by atoms with Gasteiger partial charge < -0.3 is 5.11 Å². The molecule has 1 amide bonds. The zero-order valence-corrected chi connectivity index (χ0v) is 4.55. The molecule has 0 aromatic rings. The lowest BCUT2D eigenvalue weighted by atomic mass is 10.2. The minimum atomic E-state index is -0.741. The lowest BCUT2D eigenvalue weighted by Gasteiger charge is -2.05. The van der Waals surface area contributed by atoms with Crippen LogP contribution in [0.15, 0.2) is 12.0 Å². The Kier molecular flexibility index (Phi) is 1.22. The second-order valence-electron chi connectivity index (χ2n) is 1.67. The van der Waals surface area contributed by atoms with Gasteiger partial charge in [0.25, 0.3) is 5.91 Å². The average molecular weight is 127 g/mol. The first-order valence-corrected chi connectivity index (χ1v) is 2.43. The van der Waals surface area contributed by atoms with Gasteiger partial charge in [0.1, 0.15) is 0 Å². The van der Waals surface area contributed by atoms with Gasteiger partial charge in [-0.05, 0) is 6.08 Å². The Morgan fingerprint density at radius 3 is 2.67 bits per heavy atom. The summed E-state index contributed by atoms with van der Waals surface area (Å²) in [5, 5.41) is 10.5. The number of aliphatic hydroxyl groups is 1. The van der Waals surface area contributed by atoms with Crippen LogP contribution in [0.2, 0.25) is 0 Å². The molecule has 0 aromatic heterocycles. The third kappa shape index (κ3) is 1.07. The van der Waals surface area contributed by atoms with Crippen molar-refractivity contribution in [3.8, 4) is 0 Å². The lowest BCUT2D eigenvalue weighted by molar-refractivity contribution is -0.138. The molecule has 0 saturated carbocycles. The number of hydrogen-bond donors (Lipinski definition) is 2. The first-order valence-electron chi connectivity index (χ1n) is 2.43. The van der Waals surface area contributed by atoms with Crippen molar-refractivity contribution in [3.63, 3.8) is 0 Å². The Balaban J connectivity index is 2.77. The number of Topliss-reactive ketones (excluding diaryl/α,β-unsaturated/α-hetero) is 1. The molecule has 1 rings (SSSR count). The van der Waals surface area contributed by atoms with Gasteiger partial charge in [-0.3, -0.25) is 14.9 Å². The third-order valence-electron chi connectivity index (χ3n) is 0.976. The van der Waals surface area contributed by atoms with Gasteiger partial charge in [-0.1, -0.05) is 0 Å². The summed E-state index contributed by atoms with van der Waals surface area (Å²) < 4.78 is 0. The molecule has 48 valence electrons. The van der Waals surface area contributed by atoms with Crippen molar-refractivity contribution in [2.75, 3.05) is 0 Å². The maximum Gasteiger partial charge on any atom is 0.294 e. The van der Waals surface area contributed by atoms with Gasteiger partial charge in [0.05, 0.1) is 0 Å². The standard InChI is InChI=1S/C5H5NO3/c7-3-1-2-4(8)6-5(3)9/h2,8H,1H2,(H,6,9). The number of hydrogen-bond acceptors (Lipinski definition) is 3. The maximum absolute atomic E-state index is 10.4. The highest BCUT2D eigenvalue weighted by Crippen LogP contribution is 1.96. The number of nitrogens with one attached hydrogen (secondary N) is 1. The first kappa shape index (κ1) is 5.81. The van der Waals surface area contributed by atoms with E-state index in [1.807, 2.05) is 5.32 Å². The number of ketones is 1. The van der Waals surface area contributed by atoms with Gasteiger partial charge in [0.2, 0.25) is 5.78 Å². The SMILES string of the molecule is O=C1CC=C(O)NC1=O. The molecule has 1 aliphatic heterocycles. The Morgan fingerprint density at radius 1 is 1.56 bits per heavy atom. The van der Waals surface area contributed by atoms with Crippen LogP contribution in [-0.2, 0) is 9.59 Å². The summed E-state index contributed by atoms with van der Waals surface area (Å²) in [6.07, 6.45) is 1.25. The summed E-state index contributed by atoms with van der Waals surface area (Å²) in [5.74, 6) is -1.50. The fourth-order valence-electron chi connectivity index (χ4n) is 0.519. The Labute approximate surface area is 51.2 Å². The van der Waals surface area contributed by atoms with E-state index >= 15 is 0 Å². The number of carbonyl (C=O) groups excluding carboxylic acids is 2. The van der Waals surface area contributed by atoms with Crippen LogP contribution in [0.1, 0.15) is 6.42 Å². The zero-order valence-electron chi connectivity index (χ0n) is 4.55. The lowest BCUT2D eigenvalue weighted by Crippen LogP contribution is -2.33. The van der Waals surface area contributed by atoms with Crippen LogP contribution in [0.25, 0.3) is 0 Å². The van der Waals surface area contributed by atoms with Crippen LogP contribution in [0.5, 0.6) is 0 Å². The molecule has 0 bridgehead atoms. The van der Waals surface area contributed by atoms with Crippen molar-refractivity contribution in [2.24, 2.45) is 0 Å². The molecule has 0 spiro atoms.